The minimum atomic E-state index is -0.369. The van der Waals surface area contributed by atoms with Crippen molar-refractivity contribution in [3.05, 3.63) is 80.5 Å². The molecule has 1 aliphatic heterocycles. The molecular formula is C24H25N3O4. The highest BCUT2D eigenvalue weighted by Gasteiger charge is 2.37. The third-order valence-corrected chi connectivity index (χ3v) is 6.49. The molecule has 0 bridgehead atoms. The summed E-state index contributed by atoms with van der Waals surface area (Å²) in [4.78, 5) is 26.3. The van der Waals surface area contributed by atoms with Crippen LogP contribution in [0.15, 0.2) is 56.5 Å². The second-order valence-electron chi connectivity index (χ2n) is 8.31. The van der Waals surface area contributed by atoms with Crippen molar-refractivity contribution in [2.75, 3.05) is 6.61 Å². The lowest BCUT2D eigenvalue weighted by Crippen LogP contribution is -2.37. The zero-order chi connectivity index (χ0) is 21.9. The Labute approximate surface area is 178 Å². The molecule has 0 radical (unpaired) electrons. The fourth-order valence-electron chi connectivity index (χ4n) is 5.02. The lowest BCUT2D eigenvalue weighted by Gasteiger charge is -2.32. The van der Waals surface area contributed by atoms with Crippen LogP contribution in [0.5, 0.6) is 0 Å². The molecule has 0 spiro atoms. The summed E-state index contributed by atoms with van der Waals surface area (Å²) in [6.07, 6.45) is 1.50. The third kappa shape index (κ3) is 2.76. The average Bonchev–Trinajstić information content (AvgIpc) is 3.38. The molecule has 3 aromatic heterocycles. The van der Waals surface area contributed by atoms with Crippen molar-refractivity contribution in [2.24, 2.45) is 14.1 Å². The van der Waals surface area contributed by atoms with Crippen LogP contribution < -0.4 is 11.2 Å². The summed E-state index contributed by atoms with van der Waals surface area (Å²) in [5, 5.41) is 10.7. The molecule has 4 heterocycles. The number of aliphatic hydroxyl groups excluding tert-OH is 1. The van der Waals surface area contributed by atoms with Crippen molar-refractivity contribution >= 4 is 10.9 Å². The Morgan fingerprint density at radius 2 is 1.77 bits per heavy atom. The first-order valence-electron chi connectivity index (χ1n) is 10.5. The molecule has 4 aromatic rings. The fraction of sp³-hybridized carbons (Fsp3) is 0.333. The molecule has 0 amide bonds. The summed E-state index contributed by atoms with van der Waals surface area (Å²) in [6, 6.07) is 13.4. The number of aromatic nitrogens is 3. The van der Waals surface area contributed by atoms with E-state index in [-0.39, 0.29) is 29.8 Å². The Morgan fingerprint density at radius 3 is 2.42 bits per heavy atom. The van der Waals surface area contributed by atoms with E-state index in [1.165, 1.54) is 7.05 Å². The van der Waals surface area contributed by atoms with Crippen LogP contribution in [0.25, 0.3) is 22.2 Å². The normalized spacial score (nSPS) is 18.5. The van der Waals surface area contributed by atoms with E-state index in [1.54, 1.807) is 11.6 Å². The number of hydrogen-bond donors (Lipinski definition) is 1. The van der Waals surface area contributed by atoms with Gasteiger partial charge < -0.3 is 14.1 Å². The van der Waals surface area contributed by atoms with Crippen molar-refractivity contribution in [3.8, 4) is 11.3 Å². The summed E-state index contributed by atoms with van der Waals surface area (Å²) < 4.78 is 10.8. The number of hydrogen-bond acceptors (Lipinski definition) is 4. The van der Waals surface area contributed by atoms with Gasteiger partial charge in [0.25, 0.3) is 5.56 Å². The second kappa shape index (κ2) is 7.13. The SMILES string of the molecule is Cc1ccc(C2CCC(CO)n3c(-c4ccccc4)c4c(=O)n(C)c(=O)n(C)c4c32)o1. The predicted molar refractivity (Wildman–Crippen MR) is 119 cm³/mol. The van der Waals surface area contributed by atoms with Crippen molar-refractivity contribution in [1.82, 2.24) is 13.7 Å². The first-order chi connectivity index (χ1) is 14.9. The van der Waals surface area contributed by atoms with Crippen molar-refractivity contribution in [1.29, 1.82) is 0 Å². The number of fused-ring (bicyclic) bond motifs is 3. The molecule has 2 unspecified atom stereocenters. The van der Waals surface area contributed by atoms with E-state index in [9.17, 15) is 14.7 Å². The number of aliphatic hydroxyl groups is 1. The van der Waals surface area contributed by atoms with Crippen LogP contribution in [0.3, 0.4) is 0 Å². The van der Waals surface area contributed by atoms with Gasteiger partial charge in [-0.3, -0.25) is 13.9 Å². The number of nitrogens with zero attached hydrogens (tertiary/aromatic N) is 3. The molecule has 5 rings (SSSR count). The molecule has 0 fully saturated rings. The zero-order valence-corrected chi connectivity index (χ0v) is 17.8. The number of rotatable bonds is 3. The maximum atomic E-state index is 13.4. The first kappa shape index (κ1) is 19.6. The summed E-state index contributed by atoms with van der Waals surface area (Å²) in [7, 11) is 3.21. The van der Waals surface area contributed by atoms with Crippen LogP contribution in [0, 0.1) is 6.92 Å². The summed E-state index contributed by atoms with van der Waals surface area (Å²) in [5.74, 6) is 1.51. The highest BCUT2D eigenvalue weighted by molar-refractivity contribution is 5.96. The van der Waals surface area contributed by atoms with Crippen LogP contribution in [-0.2, 0) is 14.1 Å². The largest absolute Gasteiger partial charge is 0.466 e. The van der Waals surface area contributed by atoms with Crippen LogP contribution in [0.2, 0.25) is 0 Å². The van der Waals surface area contributed by atoms with Gasteiger partial charge in [-0.05, 0) is 37.5 Å². The van der Waals surface area contributed by atoms with E-state index < -0.39 is 0 Å². The maximum absolute atomic E-state index is 13.4. The molecule has 160 valence electrons. The van der Waals surface area contributed by atoms with Crippen LogP contribution in [-0.4, -0.2) is 25.4 Å². The monoisotopic (exact) mass is 419 g/mol. The molecular weight excluding hydrogens is 394 g/mol. The molecule has 1 aromatic carbocycles. The number of aryl methyl sites for hydroxylation is 2. The van der Waals surface area contributed by atoms with E-state index in [4.69, 9.17) is 4.42 Å². The van der Waals surface area contributed by atoms with Crippen molar-refractivity contribution in [3.63, 3.8) is 0 Å². The van der Waals surface area contributed by atoms with Gasteiger partial charge in [-0.2, -0.15) is 0 Å². The molecule has 7 nitrogen and oxygen atoms in total. The Bertz CT molecular complexity index is 1400. The smallest absolute Gasteiger partial charge is 0.331 e. The third-order valence-electron chi connectivity index (χ3n) is 6.49. The van der Waals surface area contributed by atoms with Crippen LogP contribution in [0.4, 0.5) is 0 Å². The number of furan rings is 1. The van der Waals surface area contributed by atoms with Crippen LogP contribution in [0.1, 0.15) is 42.0 Å². The minimum Gasteiger partial charge on any atom is -0.466 e. The summed E-state index contributed by atoms with van der Waals surface area (Å²) in [6.45, 7) is 1.85. The van der Waals surface area contributed by atoms with Gasteiger partial charge in [0.2, 0.25) is 0 Å². The van der Waals surface area contributed by atoms with Gasteiger partial charge in [-0.25, -0.2) is 4.79 Å². The lowest BCUT2D eigenvalue weighted by molar-refractivity contribution is 0.202. The molecule has 7 heteroatoms. The summed E-state index contributed by atoms with van der Waals surface area (Å²) >= 11 is 0. The van der Waals surface area contributed by atoms with Gasteiger partial charge >= 0.3 is 5.69 Å². The predicted octanol–water partition coefficient (Wildman–Crippen LogP) is 3.07. The van der Waals surface area contributed by atoms with Crippen molar-refractivity contribution in [2.45, 2.75) is 31.7 Å². The van der Waals surface area contributed by atoms with E-state index in [2.05, 4.69) is 4.57 Å². The number of benzene rings is 1. The molecule has 2 atom stereocenters. The van der Waals surface area contributed by atoms with Gasteiger partial charge in [-0.1, -0.05) is 30.3 Å². The molecule has 0 aliphatic carbocycles. The van der Waals surface area contributed by atoms with E-state index in [1.807, 2.05) is 49.4 Å². The fourth-order valence-corrected chi connectivity index (χ4v) is 5.02. The molecule has 0 saturated carbocycles. The molecule has 31 heavy (non-hydrogen) atoms. The van der Waals surface area contributed by atoms with Gasteiger partial charge in [0.05, 0.1) is 40.9 Å². The van der Waals surface area contributed by atoms with Gasteiger partial charge in [-0.15, -0.1) is 0 Å². The Balaban J connectivity index is 2.00. The van der Waals surface area contributed by atoms with E-state index in [0.717, 1.165) is 45.9 Å². The standard InChI is InChI=1S/C24H25N3O4/c1-14-9-12-18(31-14)17-11-10-16(13-28)27-20(15-7-5-4-6-8-15)19-22(21(17)27)25(2)24(30)26(3)23(19)29/h4-9,12,16-17,28H,10-11,13H2,1-3H3. The quantitative estimate of drug-likeness (QED) is 0.553. The molecule has 0 saturated heterocycles. The highest BCUT2D eigenvalue weighted by Crippen LogP contribution is 2.46. The second-order valence-corrected chi connectivity index (χ2v) is 8.31. The lowest BCUT2D eigenvalue weighted by atomic mass is 9.89. The summed E-state index contributed by atoms with van der Waals surface area (Å²) in [5.41, 5.74) is 2.39. The zero-order valence-electron chi connectivity index (χ0n) is 17.8. The minimum absolute atomic E-state index is 0.0496. The molecule has 1 N–H and O–H groups in total. The highest BCUT2D eigenvalue weighted by atomic mass is 16.3. The van der Waals surface area contributed by atoms with Gasteiger partial charge in [0, 0.05) is 14.1 Å². The molecule has 1 aliphatic rings. The Hall–Kier alpha value is -3.32. The van der Waals surface area contributed by atoms with E-state index >= 15 is 0 Å². The Morgan fingerprint density at radius 1 is 1.03 bits per heavy atom. The first-order valence-corrected chi connectivity index (χ1v) is 10.5. The average molecular weight is 419 g/mol. The van der Waals surface area contributed by atoms with Gasteiger partial charge in [0.15, 0.2) is 0 Å². The van der Waals surface area contributed by atoms with Crippen molar-refractivity contribution < 1.29 is 9.52 Å². The Kier molecular flexibility index (Phi) is 4.51. The topological polar surface area (TPSA) is 82.3 Å². The van der Waals surface area contributed by atoms with Crippen LogP contribution >= 0.6 is 0 Å². The van der Waals surface area contributed by atoms with Gasteiger partial charge in [0.1, 0.15) is 11.5 Å². The van der Waals surface area contributed by atoms with E-state index in [0.29, 0.717) is 10.9 Å². The maximum Gasteiger partial charge on any atom is 0.331 e.